The minimum Gasteiger partial charge on any atom is -0.480 e. The molecule has 1 aliphatic rings. The number of aromatic nitrogens is 2. The SMILES string of the molecule is CCn1ccnc1C1(C(N)C(=O)O)CC1. The fourth-order valence-corrected chi connectivity index (χ4v) is 2.04. The zero-order valence-corrected chi connectivity index (χ0v) is 8.68. The van der Waals surface area contributed by atoms with Gasteiger partial charge in [-0.05, 0) is 19.8 Å². The molecular formula is C10H15N3O2. The summed E-state index contributed by atoms with van der Waals surface area (Å²) in [5, 5.41) is 8.96. The van der Waals surface area contributed by atoms with E-state index >= 15 is 0 Å². The van der Waals surface area contributed by atoms with E-state index in [0.717, 1.165) is 25.2 Å². The largest absolute Gasteiger partial charge is 0.480 e. The van der Waals surface area contributed by atoms with Gasteiger partial charge in [0, 0.05) is 18.9 Å². The Morgan fingerprint density at radius 2 is 2.47 bits per heavy atom. The smallest absolute Gasteiger partial charge is 0.321 e. The Morgan fingerprint density at radius 1 is 1.80 bits per heavy atom. The zero-order valence-electron chi connectivity index (χ0n) is 8.68. The lowest BCUT2D eigenvalue weighted by molar-refractivity contribution is -0.139. The number of imidazole rings is 1. The van der Waals surface area contributed by atoms with Crippen molar-refractivity contribution in [2.24, 2.45) is 5.73 Å². The van der Waals surface area contributed by atoms with Gasteiger partial charge in [-0.3, -0.25) is 4.79 Å². The first-order valence-corrected chi connectivity index (χ1v) is 5.12. The summed E-state index contributed by atoms with van der Waals surface area (Å²) in [4.78, 5) is 15.2. The Morgan fingerprint density at radius 3 is 2.93 bits per heavy atom. The average Bonchev–Trinajstić information content (AvgIpc) is 2.88. The third-order valence-corrected chi connectivity index (χ3v) is 3.15. The first kappa shape index (κ1) is 10.2. The Kier molecular flexibility index (Phi) is 2.26. The van der Waals surface area contributed by atoms with E-state index in [-0.39, 0.29) is 0 Å². The molecule has 0 spiro atoms. The minimum atomic E-state index is -0.946. The maximum Gasteiger partial charge on any atom is 0.321 e. The molecule has 1 saturated carbocycles. The summed E-state index contributed by atoms with van der Waals surface area (Å²) in [7, 11) is 0. The Bertz CT molecular complexity index is 382. The van der Waals surface area contributed by atoms with Crippen molar-refractivity contribution in [1.29, 1.82) is 0 Å². The van der Waals surface area contributed by atoms with Crippen LogP contribution in [-0.2, 0) is 16.8 Å². The van der Waals surface area contributed by atoms with Crippen LogP contribution in [-0.4, -0.2) is 26.7 Å². The summed E-state index contributed by atoms with van der Waals surface area (Å²) in [6.45, 7) is 2.80. The van der Waals surface area contributed by atoms with Gasteiger partial charge in [0.25, 0.3) is 0 Å². The summed E-state index contributed by atoms with van der Waals surface area (Å²) < 4.78 is 1.97. The second kappa shape index (κ2) is 3.34. The molecule has 1 aromatic rings. The molecule has 1 aliphatic carbocycles. The van der Waals surface area contributed by atoms with Gasteiger partial charge in [-0.15, -0.1) is 0 Å². The van der Waals surface area contributed by atoms with Gasteiger partial charge in [-0.25, -0.2) is 4.98 Å². The van der Waals surface area contributed by atoms with Crippen molar-refractivity contribution in [3.05, 3.63) is 18.2 Å². The first-order valence-electron chi connectivity index (χ1n) is 5.12. The molecule has 0 radical (unpaired) electrons. The lowest BCUT2D eigenvalue weighted by Gasteiger charge is -2.20. The summed E-state index contributed by atoms with van der Waals surface area (Å²) >= 11 is 0. The quantitative estimate of drug-likeness (QED) is 0.749. The molecule has 1 heterocycles. The molecule has 0 amide bonds. The molecule has 1 fully saturated rings. The topological polar surface area (TPSA) is 81.1 Å². The summed E-state index contributed by atoms with van der Waals surface area (Å²) in [6.07, 6.45) is 5.20. The first-order chi connectivity index (χ1) is 7.12. The van der Waals surface area contributed by atoms with E-state index < -0.39 is 17.4 Å². The van der Waals surface area contributed by atoms with Crippen molar-refractivity contribution in [3.8, 4) is 0 Å². The van der Waals surface area contributed by atoms with Crippen LogP contribution in [0.4, 0.5) is 0 Å². The third-order valence-electron chi connectivity index (χ3n) is 3.15. The highest BCUT2D eigenvalue weighted by Crippen LogP contribution is 2.49. The Balaban J connectivity index is 2.34. The highest BCUT2D eigenvalue weighted by Gasteiger charge is 2.55. The summed E-state index contributed by atoms with van der Waals surface area (Å²) in [5.74, 6) is -0.127. The van der Waals surface area contributed by atoms with E-state index in [2.05, 4.69) is 4.98 Å². The molecule has 0 aliphatic heterocycles. The van der Waals surface area contributed by atoms with E-state index in [1.807, 2.05) is 17.7 Å². The van der Waals surface area contributed by atoms with Gasteiger partial charge in [0.05, 0.1) is 5.41 Å². The van der Waals surface area contributed by atoms with Crippen LogP contribution < -0.4 is 5.73 Å². The Labute approximate surface area is 87.9 Å². The number of nitrogens with zero attached hydrogens (tertiary/aromatic N) is 2. The van der Waals surface area contributed by atoms with Crippen LogP contribution in [0.1, 0.15) is 25.6 Å². The summed E-state index contributed by atoms with van der Waals surface area (Å²) in [6, 6.07) is -0.842. The highest BCUT2D eigenvalue weighted by molar-refractivity contribution is 5.76. The number of aryl methyl sites for hydroxylation is 1. The molecule has 2 rings (SSSR count). The molecule has 3 N–H and O–H groups in total. The molecule has 15 heavy (non-hydrogen) atoms. The van der Waals surface area contributed by atoms with Crippen LogP contribution in [0.25, 0.3) is 0 Å². The molecule has 5 heteroatoms. The molecule has 1 atom stereocenters. The molecule has 5 nitrogen and oxygen atoms in total. The lowest BCUT2D eigenvalue weighted by Crippen LogP contribution is -2.43. The normalized spacial score (nSPS) is 19.9. The van der Waals surface area contributed by atoms with Crippen molar-refractivity contribution in [2.75, 3.05) is 0 Å². The third kappa shape index (κ3) is 1.43. The monoisotopic (exact) mass is 209 g/mol. The fraction of sp³-hybridized carbons (Fsp3) is 0.600. The number of carboxylic acids is 1. The van der Waals surface area contributed by atoms with Crippen LogP contribution in [0, 0.1) is 0 Å². The minimum absolute atomic E-state index is 0.425. The van der Waals surface area contributed by atoms with Gasteiger partial charge in [0.1, 0.15) is 11.9 Å². The van der Waals surface area contributed by atoms with Crippen LogP contribution >= 0.6 is 0 Å². The predicted molar refractivity (Wildman–Crippen MR) is 54.4 cm³/mol. The number of hydrogen-bond acceptors (Lipinski definition) is 3. The molecule has 0 saturated heterocycles. The van der Waals surface area contributed by atoms with Crippen LogP contribution in [0.3, 0.4) is 0 Å². The predicted octanol–water partition coefficient (Wildman–Crippen LogP) is 0.346. The number of hydrogen-bond donors (Lipinski definition) is 2. The molecule has 1 unspecified atom stereocenters. The molecule has 1 aromatic heterocycles. The van der Waals surface area contributed by atoms with Gasteiger partial charge in [0.2, 0.25) is 0 Å². The molecule has 0 aromatic carbocycles. The van der Waals surface area contributed by atoms with Crippen LogP contribution in [0.15, 0.2) is 12.4 Å². The second-order valence-corrected chi connectivity index (χ2v) is 4.01. The van der Waals surface area contributed by atoms with Gasteiger partial charge in [0.15, 0.2) is 0 Å². The van der Waals surface area contributed by atoms with Crippen molar-refractivity contribution in [1.82, 2.24) is 9.55 Å². The average molecular weight is 209 g/mol. The van der Waals surface area contributed by atoms with Crippen molar-refractivity contribution < 1.29 is 9.90 Å². The fourth-order valence-electron chi connectivity index (χ4n) is 2.04. The van der Waals surface area contributed by atoms with Gasteiger partial charge in [-0.1, -0.05) is 0 Å². The van der Waals surface area contributed by atoms with E-state index in [0.29, 0.717) is 0 Å². The second-order valence-electron chi connectivity index (χ2n) is 4.01. The van der Waals surface area contributed by atoms with E-state index in [9.17, 15) is 4.79 Å². The maximum atomic E-state index is 10.9. The van der Waals surface area contributed by atoms with E-state index in [1.165, 1.54) is 0 Å². The van der Waals surface area contributed by atoms with Crippen molar-refractivity contribution >= 4 is 5.97 Å². The molecular weight excluding hydrogens is 194 g/mol. The number of nitrogens with two attached hydrogens (primary N) is 1. The van der Waals surface area contributed by atoms with Crippen LogP contribution in [0.2, 0.25) is 0 Å². The van der Waals surface area contributed by atoms with E-state index in [1.54, 1.807) is 6.20 Å². The zero-order chi connectivity index (χ0) is 11.1. The van der Waals surface area contributed by atoms with Gasteiger partial charge in [-0.2, -0.15) is 0 Å². The lowest BCUT2D eigenvalue weighted by atomic mass is 9.96. The maximum absolute atomic E-state index is 10.9. The summed E-state index contributed by atoms with van der Waals surface area (Å²) in [5.41, 5.74) is 5.29. The van der Waals surface area contributed by atoms with Crippen LogP contribution in [0.5, 0.6) is 0 Å². The highest BCUT2D eigenvalue weighted by atomic mass is 16.4. The standard InChI is InChI=1S/C10H15N3O2/c1-2-13-6-5-12-9(13)10(3-4-10)7(11)8(14)15/h5-7H,2-4,11H2,1H3,(H,14,15). The number of aliphatic carboxylic acids is 1. The van der Waals surface area contributed by atoms with E-state index in [4.69, 9.17) is 10.8 Å². The molecule has 0 bridgehead atoms. The Hall–Kier alpha value is -1.36. The van der Waals surface area contributed by atoms with Crippen molar-refractivity contribution in [3.63, 3.8) is 0 Å². The number of rotatable bonds is 4. The van der Waals surface area contributed by atoms with Gasteiger partial charge < -0.3 is 15.4 Å². The van der Waals surface area contributed by atoms with Gasteiger partial charge >= 0.3 is 5.97 Å². The molecule has 82 valence electrons. The van der Waals surface area contributed by atoms with Crippen molar-refractivity contribution in [2.45, 2.75) is 37.8 Å². The number of carboxylic acid groups (broad SMARTS) is 1. The number of carbonyl (C=O) groups is 1.